The largest absolute Gasteiger partial charge is 0.344 e. The van der Waals surface area contributed by atoms with E-state index in [0.717, 1.165) is 41.8 Å². The van der Waals surface area contributed by atoms with Crippen LogP contribution in [0.3, 0.4) is 0 Å². The average Bonchev–Trinajstić information content (AvgIpc) is 3.11. The van der Waals surface area contributed by atoms with Crippen LogP contribution in [-0.2, 0) is 9.59 Å². The van der Waals surface area contributed by atoms with Crippen LogP contribution in [0.4, 0.5) is 5.13 Å². The molecule has 0 bridgehead atoms. The summed E-state index contributed by atoms with van der Waals surface area (Å²) >= 11 is 1.32. The van der Waals surface area contributed by atoms with Crippen molar-refractivity contribution in [1.82, 2.24) is 15.5 Å². The fourth-order valence-electron chi connectivity index (χ4n) is 2.84. The van der Waals surface area contributed by atoms with Crippen molar-refractivity contribution in [2.45, 2.75) is 65.8 Å². The van der Waals surface area contributed by atoms with Crippen molar-refractivity contribution in [2.24, 2.45) is 5.92 Å². The van der Waals surface area contributed by atoms with Crippen LogP contribution in [0.25, 0.3) is 10.6 Å². The fourth-order valence-corrected chi connectivity index (χ4v) is 3.59. The predicted octanol–water partition coefficient (Wildman–Crippen LogP) is 4.56. The second-order valence-electron chi connectivity index (χ2n) is 7.37. The van der Waals surface area contributed by atoms with Gasteiger partial charge in [0.15, 0.2) is 0 Å². The quantitative estimate of drug-likeness (QED) is 0.571. The van der Waals surface area contributed by atoms with E-state index >= 15 is 0 Å². The first kappa shape index (κ1) is 22.0. The summed E-state index contributed by atoms with van der Waals surface area (Å²) in [6.45, 7) is 7.99. The summed E-state index contributed by atoms with van der Waals surface area (Å²) in [7, 11) is 0. The van der Waals surface area contributed by atoms with E-state index in [2.05, 4.69) is 27.8 Å². The van der Waals surface area contributed by atoms with E-state index in [1.807, 2.05) is 45.0 Å². The summed E-state index contributed by atoms with van der Waals surface area (Å²) in [5.74, 6) is -0.365. The Morgan fingerprint density at radius 1 is 1.14 bits per heavy atom. The zero-order valence-electron chi connectivity index (χ0n) is 17.1. The van der Waals surface area contributed by atoms with E-state index < -0.39 is 6.04 Å². The molecule has 1 aromatic carbocycles. The van der Waals surface area contributed by atoms with E-state index in [4.69, 9.17) is 0 Å². The lowest BCUT2D eigenvalue weighted by Crippen LogP contribution is -2.47. The van der Waals surface area contributed by atoms with E-state index in [9.17, 15) is 9.59 Å². The number of hydrogen-bond acceptors (Lipinski definition) is 5. The number of benzene rings is 1. The topological polar surface area (TPSA) is 84.0 Å². The Hall–Kier alpha value is -2.28. The Kier molecular flexibility index (Phi) is 8.57. The molecule has 0 aliphatic carbocycles. The second kappa shape index (κ2) is 10.9. The molecule has 152 valence electrons. The monoisotopic (exact) mass is 402 g/mol. The Morgan fingerprint density at radius 3 is 2.61 bits per heavy atom. The molecule has 2 N–H and O–H groups in total. The number of nitrogens with one attached hydrogen (secondary N) is 2. The lowest BCUT2D eigenvalue weighted by molar-refractivity contribution is -0.127. The Labute approximate surface area is 171 Å². The predicted molar refractivity (Wildman–Crippen MR) is 114 cm³/mol. The maximum absolute atomic E-state index is 12.7. The number of nitrogens with zero attached hydrogens (tertiary/aromatic N) is 2. The van der Waals surface area contributed by atoms with Gasteiger partial charge in [0.05, 0.1) is 0 Å². The van der Waals surface area contributed by atoms with Gasteiger partial charge >= 0.3 is 0 Å². The molecule has 0 aliphatic rings. The lowest BCUT2D eigenvalue weighted by Gasteiger charge is -2.21. The maximum Gasteiger partial charge on any atom is 0.249 e. The number of amides is 2. The van der Waals surface area contributed by atoms with Gasteiger partial charge in [-0.05, 0) is 25.3 Å². The number of anilines is 1. The minimum Gasteiger partial charge on any atom is -0.344 e. The molecule has 7 heteroatoms. The highest BCUT2D eigenvalue weighted by Crippen LogP contribution is 2.27. The molecule has 0 fully saturated rings. The molecule has 0 saturated carbocycles. The van der Waals surface area contributed by atoms with Crippen LogP contribution in [0.2, 0.25) is 0 Å². The van der Waals surface area contributed by atoms with E-state index in [1.165, 1.54) is 11.3 Å². The van der Waals surface area contributed by atoms with Crippen LogP contribution in [0, 0.1) is 12.8 Å². The fraction of sp³-hybridized carbons (Fsp3) is 0.524. The van der Waals surface area contributed by atoms with Gasteiger partial charge in [0.25, 0.3) is 0 Å². The second-order valence-corrected chi connectivity index (χ2v) is 8.35. The third-order valence-electron chi connectivity index (χ3n) is 4.44. The van der Waals surface area contributed by atoms with Crippen LogP contribution >= 0.6 is 11.3 Å². The van der Waals surface area contributed by atoms with Gasteiger partial charge in [0.1, 0.15) is 11.0 Å². The average molecular weight is 403 g/mol. The zero-order chi connectivity index (χ0) is 20.5. The molecule has 2 amide bonds. The lowest BCUT2D eigenvalue weighted by atomic mass is 10.0. The minimum atomic E-state index is -0.593. The summed E-state index contributed by atoms with van der Waals surface area (Å²) in [5.41, 5.74) is 2.11. The minimum absolute atomic E-state index is 0.0243. The molecule has 0 radical (unpaired) electrons. The number of carbonyl (C=O) groups excluding carboxylic acids is 2. The third kappa shape index (κ3) is 6.71. The molecule has 0 aliphatic heterocycles. The van der Waals surface area contributed by atoms with Gasteiger partial charge < -0.3 is 5.32 Å². The molecule has 1 unspecified atom stereocenters. The highest BCUT2D eigenvalue weighted by atomic mass is 32.1. The van der Waals surface area contributed by atoms with E-state index in [1.54, 1.807) is 0 Å². The van der Waals surface area contributed by atoms with Crippen molar-refractivity contribution in [1.29, 1.82) is 0 Å². The first-order chi connectivity index (χ1) is 13.4. The number of carbonyl (C=O) groups is 2. The molecular formula is C21H30N4O2S. The summed E-state index contributed by atoms with van der Waals surface area (Å²) in [6, 6.07) is 7.39. The molecule has 6 nitrogen and oxygen atoms in total. The van der Waals surface area contributed by atoms with Crippen molar-refractivity contribution in [3.05, 3.63) is 29.8 Å². The van der Waals surface area contributed by atoms with Crippen molar-refractivity contribution < 1.29 is 9.59 Å². The van der Waals surface area contributed by atoms with Crippen LogP contribution in [-0.4, -0.2) is 28.1 Å². The number of hydrogen-bond donors (Lipinski definition) is 2. The summed E-state index contributed by atoms with van der Waals surface area (Å²) in [5, 5.41) is 15.1. The van der Waals surface area contributed by atoms with Crippen LogP contribution in [0.1, 0.15) is 58.4 Å². The van der Waals surface area contributed by atoms with Gasteiger partial charge in [-0.3, -0.25) is 14.9 Å². The summed E-state index contributed by atoms with van der Waals surface area (Å²) in [6.07, 6.45) is 4.59. The van der Waals surface area contributed by atoms with Gasteiger partial charge in [-0.15, -0.1) is 10.2 Å². The van der Waals surface area contributed by atoms with Gasteiger partial charge in [0, 0.05) is 12.0 Å². The Bertz CT molecular complexity index is 788. The Balaban J connectivity index is 1.96. The molecular weight excluding hydrogens is 372 g/mol. The van der Waals surface area contributed by atoms with Gasteiger partial charge in [0.2, 0.25) is 16.9 Å². The van der Waals surface area contributed by atoms with Crippen LogP contribution < -0.4 is 10.6 Å². The SMILES string of the molecule is CCCCCCC(=O)NC(C(=O)Nc1nnc(-c2cccc(C)c2)s1)C(C)C. The van der Waals surface area contributed by atoms with Crippen molar-refractivity contribution >= 4 is 28.3 Å². The van der Waals surface area contributed by atoms with Crippen molar-refractivity contribution in [3.8, 4) is 10.6 Å². The number of unbranched alkanes of at least 4 members (excludes halogenated alkanes) is 3. The highest BCUT2D eigenvalue weighted by molar-refractivity contribution is 7.18. The van der Waals surface area contributed by atoms with E-state index in [-0.39, 0.29) is 17.7 Å². The van der Waals surface area contributed by atoms with Gasteiger partial charge in [-0.2, -0.15) is 0 Å². The van der Waals surface area contributed by atoms with Crippen molar-refractivity contribution in [3.63, 3.8) is 0 Å². The molecule has 1 atom stereocenters. The third-order valence-corrected chi connectivity index (χ3v) is 5.33. The van der Waals surface area contributed by atoms with E-state index in [0.29, 0.717) is 11.6 Å². The molecule has 1 heterocycles. The normalized spacial score (nSPS) is 12.0. The number of rotatable bonds is 10. The standard InChI is InChI=1S/C21H30N4O2S/c1-5-6-7-8-12-17(26)22-18(14(2)3)19(27)23-21-25-24-20(28-21)16-11-9-10-15(4)13-16/h9-11,13-14,18H,5-8,12H2,1-4H3,(H,22,26)(H,23,25,27). The molecule has 0 saturated heterocycles. The molecule has 2 rings (SSSR count). The first-order valence-corrected chi connectivity index (χ1v) is 10.7. The molecule has 2 aromatic rings. The van der Waals surface area contributed by atoms with Gasteiger partial charge in [-0.1, -0.05) is 75.1 Å². The molecule has 0 spiro atoms. The number of aryl methyl sites for hydroxylation is 1. The first-order valence-electron chi connectivity index (χ1n) is 9.91. The van der Waals surface area contributed by atoms with Crippen LogP contribution in [0.15, 0.2) is 24.3 Å². The van der Waals surface area contributed by atoms with Gasteiger partial charge in [-0.25, -0.2) is 0 Å². The summed E-state index contributed by atoms with van der Waals surface area (Å²) < 4.78 is 0. The Morgan fingerprint density at radius 2 is 1.93 bits per heavy atom. The smallest absolute Gasteiger partial charge is 0.249 e. The van der Waals surface area contributed by atoms with Crippen molar-refractivity contribution in [2.75, 3.05) is 5.32 Å². The number of aromatic nitrogens is 2. The summed E-state index contributed by atoms with van der Waals surface area (Å²) in [4.78, 5) is 24.9. The zero-order valence-corrected chi connectivity index (χ0v) is 17.9. The molecule has 1 aromatic heterocycles. The maximum atomic E-state index is 12.7. The van der Waals surface area contributed by atoms with Crippen LogP contribution in [0.5, 0.6) is 0 Å². The molecule has 28 heavy (non-hydrogen) atoms. The highest BCUT2D eigenvalue weighted by Gasteiger charge is 2.25.